The zero-order valence-corrected chi connectivity index (χ0v) is 12.5. The number of anilines is 1. The Morgan fingerprint density at radius 3 is 2.60 bits per heavy atom. The van der Waals surface area contributed by atoms with Gasteiger partial charge in [0.2, 0.25) is 5.91 Å². The van der Waals surface area contributed by atoms with Crippen molar-refractivity contribution >= 4 is 11.7 Å². The van der Waals surface area contributed by atoms with Gasteiger partial charge < -0.3 is 15.2 Å². The first-order valence-corrected chi connectivity index (χ1v) is 7.24. The molecule has 2 heterocycles. The Morgan fingerprint density at radius 2 is 2.05 bits per heavy atom. The molecule has 1 amide bonds. The van der Waals surface area contributed by atoms with Crippen molar-refractivity contribution in [3.8, 4) is 0 Å². The molecule has 1 aliphatic rings. The SMILES string of the molecule is Cc1[nH]c(N2CCCC2)cc(=O)c1CNC(=O)C(C)C. The largest absolute Gasteiger partial charge is 0.358 e. The van der Waals surface area contributed by atoms with Gasteiger partial charge in [-0.15, -0.1) is 0 Å². The summed E-state index contributed by atoms with van der Waals surface area (Å²) in [6, 6.07) is 1.65. The van der Waals surface area contributed by atoms with Gasteiger partial charge in [0.25, 0.3) is 0 Å². The summed E-state index contributed by atoms with van der Waals surface area (Å²) < 4.78 is 0. The van der Waals surface area contributed by atoms with E-state index in [1.807, 2.05) is 20.8 Å². The number of carbonyl (C=O) groups excluding carboxylic acids is 1. The van der Waals surface area contributed by atoms with Crippen molar-refractivity contribution in [3.05, 3.63) is 27.5 Å². The van der Waals surface area contributed by atoms with Crippen LogP contribution in [-0.2, 0) is 11.3 Å². The number of hydrogen-bond acceptors (Lipinski definition) is 3. The number of carbonyl (C=O) groups is 1. The van der Waals surface area contributed by atoms with Crippen LogP contribution in [0.5, 0.6) is 0 Å². The number of pyridine rings is 1. The zero-order chi connectivity index (χ0) is 14.7. The highest BCUT2D eigenvalue weighted by Crippen LogP contribution is 2.17. The van der Waals surface area contributed by atoms with Crippen LogP contribution in [0.1, 0.15) is 37.9 Å². The van der Waals surface area contributed by atoms with E-state index in [2.05, 4.69) is 15.2 Å². The number of aryl methyl sites for hydroxylation is 1. The van der Waals surface area contributed by atoms with Crippen molar-refractivity contribution in [2.45, 2.75) is 40.2 Å². The number of rotatable bonds is 4. The number of amides is 1. The third kappa shape index (κ3) is 3.21. The maximum atomic E-state index is 12.2. The molecule has 0 bridgehead atoms. The second kappa shape index (κ2) is 6.11. The third-order valence-electron chi connectivity index (χ3n) is 3.74. The average molecular weight is 277 g/mol. The van der Waals surface area contributed by atoms with E-state index in [9.17, 15) is 9.59 Å². The Balaban J connectivity index is 2.14. The Kier molecular flexibility index (Phi) is 4.47. The minimum atomic E-state index is -0.0711. The van der Waals surface area contributed by atoms with Crippen LogP contribution in [0.4, 0.5) is 5.82 Å². The van der Waals surface area contributed by atoms with E-state index in [0.717, 1.165) is 24.6 Å². The Hall–Kier alpha value is -1.78. The number of aromatic amines is 1. The lowest BCUT2D eigenvalue weighted by atomic mass is 10.1. The van der Waals surface area contributed by atoms with Crippen molar-refractivity contribution in [1.82, 2.24) is 10.3 Å². The highest BCUT2D eigenvalue weighted by Gasteiger charge is 2.16. The van der Waals surface area contributed by atoms with E-state index in [-0.39, 0.29) is 17.3 Å². The lowest BCUT2D eigenvalue weighted by Gasteiger charge is -2.19. The van der Waals surface area contributed by atoms with E-state index in [1.54, 1.807) is 6.07 Å². The predicted octanol–water partition coefficient (Wildman–Crippen LogP) is 1.56. The lowest BCUT2D eigenvalue weighted by molar-refractivity contribution is -0.124. The predicted molar refractivity (Wildman–Crippen MR) is 79.9 cm³/mol. The molecule has 0 aliphatic carbocycles. The fourth-order valence-electron chi connectivity index (χ4n) is 2.43. The molecule has 2 rings (SSSR count). The van der Waals surface area contributed by atoms with Gasteiger partial charge in [-0.25, -0.2) is 0 Å². The first-order chi connectivity index (χ1) is 9.49. The van der Waals surface area contributed by atoms with Gasteiger partial charge in [0.05, 0.1) is 0 Å². The van der Waals surface area contributed by atoms with Crippen LogP contribution in [0.25, 0.3) is 0 Å². The minimum Gasteiger partial charge on any atom is -0.358 e. The molecule has 1 fully saturated rings. The van der Waals surface area contributed by atoms with E-state index < -0.39 is 0 Å². The number of nitrogens with zero attached hydrogens (tertiary/aromatic N) is 1. The fourth-order valence-corrected chi connectivity index (χ4v) is 2.43. The summed E-state index contributed by atoms with van der Waals surface area (Å²) in [5.74, 6) is 0.787. The molecule has 1 aromatic rings. The maximum Gasteiger partial charge on any atom is 0.222 e. The number of nitrogens with one attached hydrogen (secondary N) is 2. The van der Waals surface area contributed by atoms with Gasteiger partial charge in [-0.3, -0.25) is 9.59 Å². The van der Waals surface area contributed by atoms with E-state index in [1.165, 1.54) is 12.8 Å². The van der Waals surface area contributed by atoms with Gasteiger partial charge in [0.1, 0.15) is 5.82 Å². The molecule has 0 radical (unpaired) electrons. The van der Waals surface area contributed by atoms with Crippen molar-refractivity contribution in [2.24, 2.45) is 5.92 Å². The average Bonchev–Trinajstić information content (AvgIpc) is 2.90. The number of aromatic nitrogens is 1. The summed E-state index contributed by atoms with van der Waals surface area (Å²) in [6.07, 6.45) is 2.35. The molecule has 110 valence electrons. The van der Waals surface area contributed by atoms with Crippen LogP contribution in [0.15, 0.2) is 10.9 Å². The quantitative estimate of drug-likeness (QED) is 0.877. The summed E-state index contributed by atoms with van der Waals surface area (Å²) in [7, 11) is 0. The molecule has 0 atom stereocenters. The van der Waals surface area contributed by atoms with Gasteiger partial charge in [-0.1, -0.05) is 13.8 Å². The van der Waals surface area contributed by atoms with Crippen molar-refractivity contribution in [2.75, 3.05) is 18.0 Å². The van der Waals surface area contributed by atoms with Gasteiger partial charge in [0, 0.05) is 42.9 Å². The van der Waals surface area contributed by atoms with E-state index >= 15 is 0 Å². The summed E-state index contributed by atoms with van der Waals surface area (Å²) in [4.78, 5) is 29.3. The minimum absolute atomic E-state index is 0.00722. The van der Waals surface area contributed by atoms with Crippen molar-refractivity contribution in [3.63, 3.8) is 0 Å². The van der Waals surface area contributed by atoms with Crippen LogP contribution in [0.3, 0.4) is 0 Å². The zero-order valence-electron chi connectivity index (χ0n) is 12.5. The van der Waals surface area contributed by atoms with Crippen molar-refractivity contribution in [1.29, 1.82) is 0 Å². The highest BCUT2D eigenvalue weighted by atomic mass is 16.1. The summed E-state index contributed by atoms with van der Waals surface area (Å²) in [5, 5.41) is 2.80. The monoisotopic (exact) mass is 277 g/mol. The van der Waals surface area contributed by atoms with Crippen LogP contribution in [0.2, 0.25) is 0 Å². The Morgan fingerprint density at radius 1 is 1.40 bits per heavy atom. The Bertz CT molecular complexity index is 543. The molecular weight excluding hydrogens is 254 g/mol. The van der Waals surface area contributed by atoms with Crippen LogP contribution < -0.4 is 15.6 Å². The molecule has 1 saturated heterocycles. The molecule has 5 nitrogen and oxygen atoms in total. The number of H-pyrrole nitrogens is 1. The van der Waals surface area contributed by atoms with E-state index in [0.29, 0.717) is 12.1 Å². The smallest absolute Gasteiger partial charge is 0.222 e. The van der Waals surface area contributed by atoms with Crippen LogP contribution in [-0.4, -0.2) is 24.0 Å². The Labute approximate surface area is 119 Å². The first kappa shape index (κ1) is 14.6. The summed E-state index contributed by atoms with van der Waals surface area (Å²) in [6.45, 7) is 7.85. The number of hydrogen-bond donors (Lipinski definition) is 2. The van der Waals surface area contributed by atoms with Gasteiger partial charge in [-0.05, 0) is 19.8 Å². The first-order valence-electron chi connectivity index (χ1n) is 7.24. The fraction of sp³-hybridized carbons (Fsp3) is 0.600. The van der Waals surface area contributed by atoms with Crippen LogP contribution in [0, 0.1) is 12.8 Å². The third-order valence-corrected chi connectivity index (χ3v) is 3.74. The maximum absolute atomic E-state index is 12.2. The second-order valence-corrected chi connectivity index (χ2v) is 5.69. The normalized spacial score (nSPS) is 14.9. The molecule has 5 heteroatoms. The van der Waals surface area contributed by atoms with Gasteiger partial charge in [-0.2, -0.15) is 0 Å². The molecule has 2 N–H and O–H groups in total. The van der Waals surface area contributed by atoms with E-state index in [4.69, 9.17) is 0 Å². The molecule has 0 aromatic carbocycles. The summed E-state index contributed by atoms with van der Waals surface area (Å²) in [5.41, 5.74) is 1.47. The molecule has 1 aliphatic heterocycles. The second-order valence-electron chi connectivity index (χ2n) is 5.69. The topological polar surface area (TPSA) is 65.2 Å². The molecular formula is C15H23N3O2. The van der Waals surface area contributed by atoms with Crippen LogP contribution >= 0.6 is 0 Å². The van der Waals surface area contributed by atoms with Gasteiger partial charge in [0.15, 0.2) is 5.43 Å². The molecule has 0 unspecified atom stereocenters. The molecule has 1 aromatic heterocycles. The van der Waals surface area contributed by atoms with Crippen molar-refractivity contribution < 1.29 is 4.79 Å². The standard InChI is InChI=1S/C15H23N3O2/c1-10(2)15(20)16-9-12-11(3)17-14(8-13(12)19)18-6-4-5-7-18/h8,10H,4-7,9H2,1-3H3,(H,16,20)(H,17,19). The lowest BCUT2D eigenvalue weighted by Crippen LogP contribution is -2.31. The summed E-state index contributed by atoms with van der Waals surface area (Å²) >= 11 is 0. The molecule has 0 spiro atoms. The van der Waals surface area contributed by atoms with Gasteiger partial charge >= 0.3 is 0 Å². The highest BCUT2D eigenvalue weighted by molar-refractivity contribution is 5.77. The molecule has 20 heavy (non-hydrogen) atoms. The molecule has 0 saturated carbocycles.